The summed E-state index contributed by atoms with van der Waals surface area (Å²) in [6, 6.07) is 3.91. The van der Waals surface area contributed by atoms with Crippen LogP contribution in [0.25, 0.3) is 0 Å². The number of sulfone groups is 1. The Morgan fingerprint density at radius 1 is 1.38 bits per heavy atom. The maximum absolute atomic E-state index is 12.4. The van der Waals surface area contributed by atoms with Gasteiger partial charge in [-0.05, 0) is 38.1 Å². The molecule has 1 aliphatic rings. The summed E-state index contributed by atoms with van der Waals surface area (Å²) in [5, 5.41) is 1.66. The van der Waals surface area contributed by atoms with Crippen LogP contribution in [0.4, 0.5) is 0 Å². The van der Waals surface area contributed by atoms with Crippen molar-refractivity contribution in [1.29, 1.82) is 0 Å². The molecule has 0 spiro atoms. The molecule has 0 atom stereocenters. The minimum atomic E-state index is -3.30. The second-order valence-corrected chi connectivity index (χ2v) is 9.22. The molecule has 0 bridgehead atoms. The average Bonchev–Trinajstić information content (AvgIpc) is 3.08. The highest BCUT2D eigenvalue weighted by Crippen LogP contribution is 2.25. The molecular formula is C15H23NO3S2. The van der Waals surface area contributed by atoms with E-state index in [1.165, 1.54) is 0 Å². The molecule has 0 aliphatic heterocycles. The molecule has 0 aromatic carbocycles. The van der Waals surface area contributed by atoms with E-state index in [1.807, 2.05) is 31.4 Å². The zero-order valence-corrected chi connectivity index (χ0v) is 14.3. The molecule has 118 valence electrons. The van der Waals surface area contributed by atoms with Gasteiger partial charge in [0.1, 0.15) is 5.75 Å². The normalized spacial score (nSPS) is 16.5. The fourth-order valence-corrected chi connectivity index (χ4v) is 5.25. The Morgan fingerprint density at radius 3 is 2.57 bits per heavy atom. The molecule has 6 heteroatoms. The Balaban J connectivity index is 2.04. The first-order chi connectivity index (χ1) is 9.90. The Kier molecular flexibility index (Phi) is 5.43. The summed E-state index contributed by atoms with van der Waals surface area (Å²) in [4.78, 5) is 15.2. The first kappa shape index (κ1) is 16.5. The molecule has 1 fully saturated rings. The third-order valence-electron chi connectivity index (χ3n) is 3.98. The van der Waals surface area contributed by atoms with Crippen molar-refractivity contribution < 1.29 is 13.2 Å². The van der Waals surface area contributed by atoms with E-state index < -0.39 is 9.84 Å². The zero-order valence-electron chi connectivity index (χ0n) is 12.6. The highest BCUT2D eigenvalue weighted by atomic mass is 32.2. The lowest BCUT2D eigenvalue weighted by Crippen LogP contribution is -2.41. The van der Waals surface area contributed by atoms with E-state index in [2.05, 4.69) is 0 Å². The number of amides is 1. The molecule has 0 N–H and O–H groups in total. The molecule has 1 aromatic rings. The van der Waals surface area contributed by atoms with Crippen molar-refractivity contribution >= 4 is 27.1 Å². The molecule has 21 heavy (non-hydrogen) atoms. The maximum atomic E-state index is 12.4. The molecule has 1 heterocycles. The van der Waals surface area contributed by atoms with E-state index in [-0.39, 0.29) is 23.0 Å². The number of carbonyl (C=O) groups excluding carboxylic acids is 1. The molecule has 0 unspecified atom stereocenters. The van der Waals surface area contributed by atoms with Crippen LogP contribution < -0.4 is 0 Å². The van der Waals surface area contributed by atoms with Gasteiger partial charge in [0.25, 0.3) is 0 Å². The smallest absolute Gasteiger partial charge is 0.238 e. The van der Waals surface area contributed by atoms with Gasteiger partial charge in [0.05, 0.1) is 11.8 Å². The predicted molar refractivity (Wildman–Crippen MR) is 86.0 cm³/mol. The van der Waals surface area contributed by atoms with Crippen LogP contribution in [0.1, 0.15) is 44.4 Å². The molecule has 1 aliphatic carbocycles. The van der Waals surface area contributed by atoms with Crippen molar-refractivity contribution in [2.24, 2.45) is 0 Å². The average molecular weight is 329 g/mol. The fraction of sp³-hybridized carbons (Fsp3) is 0.667. The third kappa shape index (κ3) is 4.30. The summed E-state index contributed by atoms with van der Waals surface area (Å²) < 4.78 is 24.7. The van der Waals surface area contributed by atoms with Crippen LogP contribution in [0.2, 0.25) is 0 Å². The number of hydrogen-bond donors (Lipinski definition) is 0. The quantitative estimate of drug-likeness (QED) is 0.806. The maximum Gasteiger partial charge on any atom is 0.238 e. The van der Waals surface area contributed by atoms with Crippen molar-refractivity contribution in [3.63, 3.8) is 0 Å². The van der Waals surface area contributed by atoms with E-state index in [0.717, 1.165) is 17.7 Å². The predicted octanol–water partition coefficient (Wildman–Crippen LogP) is 2.84. The van der Waals surface area contributed by atoms with Gasteiger partial charge in [-0.2, -0.15) is 0 Å². The van der Waals surface area contributed by atoms with E-state index in [0.29, 0.717) is 19.4 Å². The van der Waals surface area contributed by atoms with Crippen LogP contribution in [0.3, 0.4) is 0 Å². The largest absolute Gasteiger partial charge is 0.334 e. The standard InChI is InChI=1S/C15H23NO3S2/c1-12(2)16(10-13-6-5-9-20-13)15(17)11-21(18,19)14-7-3-4-8-14/h5-6,9,12,14H,3-4,7-8,10-11H2,1-2H3. The van der Waals surface area contributed by atoms with Gasteiger partial charge < -0.3 is 4.90 Å². The van der Waals surface area contributed by atoms with Gasteiger partial charge >= 0.3 is 0 Å². The minimum absolute atomic E-state index is 0.00150. The number of carbonyl (C=O) groups is 1. The van der Waals surface area contributed by atoms with Gasteiger partial charge in [-0.15, -0.1) is 11.3 Å². The van der Waals surface area contributed by atoms with E-state index in [4.69, 9.17) is 0 Å². The van der Waals surface area contributed by atoms with Gasteiger partial charge in [0.15, 0.2) is 9.84 Å². The fourth-order valence-electron chi connectivity index (χ4n) is 2.75. The van der Waals surface area contributed by atoms with Crippen molar-refractivity contribution in [2.45, 2.75) is 57.4 Å². The van der Waals surface area contributed by atoms with Crippen molar-refractivity contribution in [2.75, 3.05) is 5.75 Å². The number of nitrogens with zero attached hydrogens (tertiary/aromatic N) is 1. The highest BCUT2D eigenvalue weighted by molar-refractivity contribution is 7.92. The van der Waals surface area contributed by atoms with Crippen molar-refractivity contribution in [1.82, 2.24) is 4.90 Å². The van der Waals surface area contributed by atoms with E-state index >= 15 is 0 Å². The molecule has 1 aromatic heterocycles. The summed E-state index contributed by atoms with van der Waals surface area (Å²) in [6.07, 6.45) is 3.34. The van der Waals surface area contributed by atoms with E-state index in [9.17, 15) is 13.2 Å². The van der Waals surface area contributed by atoms with Crippen LogP contribution in [-0.2, 0) is 21.2 Å². The summed E-state index contributed by atoms with van der Waals surface area (Å²) >= 11 is 1.59. The summed E-state index contributed by atoms with van der Waals surface area (Å²) in [6.45, 7) is 4.34. The summed E-state index contributed by atoms with van der Waals surface area (Å²) in [5.74, 6) is -0.619. The van der Waals surface area contributed by atoms with Crippen molar-refractivity contribution in [3.8, 4) is 0 Å². The van der Waals surface area contributed by atoms with E-state index in [1.54, 1.807) is 16.2 Å². The minimum Gasteiger partial charge on any atom is -0.334 e. The Morgan fingerprint density at radius 2 is 2.05 bits per heavy atom. The monoisotopic (exact) mass is 329 g/mol. The van der Waals surface area contributed by atoms with Gasteiger partial charge in [-0.25, -0.2) is 8.42 Å². The lowest BCUT2D eigenvalue weighted by atomic mass is 10.3. The first-order valence-electron chi connectivity index (χ1n) is 7.43. The number of rotatable bonds is 6. The molecular weight excluding hydrogens is 306 g/mol. The lowest BCUT2D eigenvalue weighted by Gasteiger charge is -2.26. The van der Waals surface area contributed by atoms with Crippen molar-refractivity contribution in [3.05, 3.63) is 22.4 Å². The molecule has 0 saturated heterocycles. The van der Waals surface area contributed by atoms with Gasteiger partial charge in [-0.3, -0.25) is 4.79 Å². The molecule has 2 rings (SSSR count). The molecule has 4 nitrogen and oxygen atoms in total. The summed E-state index contributed by atoms with van der Waals surface area (Å²) in [5.41, 5.74) is 0. The van der Waals surface area contributed by atoms with Crippen LogP contribution in [-0.4, -0.2) is 36.3 Å². The Bertz CT molecular complexity index is 558. The number of hydrogen-bond acceptors (Lipinski definition) is 4. The van der Waals surface area contributed by atoms with Crippen LogP contribution in [0.15, 0.2) is 17.5 Å². The molecule has 0 radical (unpaired) electrons. The zero-order chi connectivity index (χ0) is 15.5. The van der Waals surface area contributed by atoms with Gasteiger partial charge in [0, 0.05) is 10.9 Å². The second kappa shape index (κ2) is 6.92. The van der Waals surface area contributed by atoms with Crippen LogP contribution >= 0.6 is 11.3 Å². The Hall–Kier alpha value is -0.880. The molecule has 1 amide bonds. The third-order valence-corrected chi connectivity index (χ3v) is 6.98. The van der Waals surface area contributed by atoms with Gasteiger partial charge in [-0.1, -0.05) is 18.9 Å². The number of thiophene rings is 1. The Labute approximate surface area is 131 Å². The summed E-state index contributed by atoms with van der Waals surface area (Å²) in [7, 11) is -3.30. The second-order valence-electron chi connectivity index (χ2n) is 5.91. The van der Waals surface area contributed by atoms with Crippen LogP contribution in [0, 0.1) is 0 Å². The highest BCUT2D eigenvalue weighted by Gasteiger charge is 2.32. The van der Waals surface area contributed by atoms with Gasteiger partial charge in [0.2, 0.25) is 5.91 Å². The first-order valence-corrected chi connectivity index (χ1v) is 10.0. The SMILES string of the molecule is CC(C)N(Cc1cccs1)C(=O)CS(=O)(=O)C1CCCC1. The topological polar surface area (TPSA) is 54.5 Å². The lowest BCUT2D eigenvalue weighted by molar-refractivity contribution is -0.130. The van der Waals surface area contributed by atoms with Crippen LogP contribution in [0.5, 0.6) is 0 Å². The molecule has 1 saturated carbocycles.